The summed E-state index contributed by atoms with van der Waals surface area (Å²) in [6.07, 6.45) is 0. The van der Waals surface area contributed by atoms with Gasteiger partial charge in [-0.15, -0.1) is 0 Å². The molecule has 2 unspecified atom stereocenters. The largest absolute Gasteiger partial charge is 0.287 e. The fourth-order valence-corrected chi connectivity index (χ4v) is 0.450. The molecule has 0 radical (unpaired) electrons. The van der Waals surface area contributed by atoms with Crippen LogP contribution in [0.3, 0.4) is 0 Å². The maximum atomic E-state index is 8.26. The van der Waals surface area contributed by atoms with Crippen molar-refractivity contribution in [3.8, 4) is 12.1 Å². The summed E-state index contributed by atoms with van der Waals surface area (Å²) in [7, 11) is 0. The van der Waals surface area contributed by atoms with Crippen molar-refractivity contribution >= 4 is 0 Å². The Morgan fingerprint density at radius 3 is 1.67 bits per heavy atom. The van der Waals surface area contributed by atoms with Gasteiger partial charge in [0.05, 0.1) is 24.2 Å². The Labute approximate surface area is 54.9 Å². The molecule has 9 heavy (non-hydrogen) atoms. The van der Waals surface area contributed by atoms with Gasteiger partial charge in [0.15, 0.2) is 0 Å². The molecule has 0 aliphatic carbocycles. The van der Waals surface area contributed by atoms with Crippen molar-refractivity contribution in [1.29, 1.82) is 10.5 Å². The van der Waals surface area contributed by atoms with Crippen molar-refractivity contribution in [2.24, 2.45) is 0 Å². The normalized spacial score (nSPS) is 15.1. The van der Waals surface area contributed by atoms with Crippen LogP contribution in [0.2, 0.25) is 0 Å². The second-order valence-corrected chi connectivity index (χ2v) is 1.87. The molecule has 0 amide bonds. The van der Waals surface area contributed by atoms with Gasteiger partial charge in [-0.3, -0.25) is 5.32 Å². The molecule has 0 aliphatic heterocycles. The van der Waals surface area contributed by atoms with E-state index >= 15 is 0 Å². The molecule has 0 heterocycles. The van der Waals surface area contributed by atoms with Gasteiger partial charge in [0.1, 0.15) is 0 Å². The van der Waals surface area contributed by atoms with Gasteiger partial charge in [-0.1, -0.05) is 0 Å². The van der Waals surface area contributed by atoms with E-state index in [1.807, 2.05) is 12.1 Å². The van der Waals surface area contributed by atoms with Gasteiger partial charge < -0.3 is 0 Å². The minimum absolute atomic E-state index is 0.236. The predicted molar refractivity (Wildman–Crippen MR) is 33.3 cm³/mol. The molecule has 0 saturated carbocycles. The lowest BCUT2D eigenvalue weighted by Crippen LogP contribution is -2.32. The minimum Gasteiger partial charge on any atom is -0.287 e. The molecule has 3 nitrogen and oxygen atoms in total. The molecule has 0 aliphatic rings. The molecule has 1 N–H and O–H groups in total. The Morgan fingerprint density at radius 2 is 1.44 bits per heavy atom. The van der Waals surface area contributed by atoms with Crippen LogP contribution in [0.1, 0.15) is 13.8 Å². The fraction of sp³-hybridized carbons (Fsp3) is 0.667. The molecule has 48 valence electrons. The summed E-state index contributed by atoms with van der Waals surface area (Å²) in [5.41, 5.74) is 0. The zero-order chi connectivity index (χ0) is 7.28. The van der Waals surface area contributed by atoms with Crippen LogP contribution in [-0.2, 0) is 0 Å². The van der Waals surface area contributed by atoms with Crippen LogP contribution in [0.15, 0.2) is 0 Å². The third-order valence-corrected chi connectivity index (χ3v) is 0.887. The first kappa shape index (κ1) is 7.94. The number of hydrogen-bond donors (Lipinski definition) is 1. The first-order valence-electron chi connectivity index (χ1n) is 2.76. The van der Waals surface area contributed by atoms with Gasteiger partial charge in [0.2, 0.25) is 0 Å². The third-order valence-electron chi connectivity index (χ3n) is 0.887. The second kappa shape index (κ2) is 3.88. The van der Waals surface area contributed by atoms with E-state index in [2.05, 4.69) is 5.32 Å². The molecule has 0 aromatic rings. The van der Waals surface area contributed by atoms with Crippen molar-refractivity contribution in [2.75, 3.05) is 0 Å². The SMILES string of the molecule is CC(C#N)NC(C)C#N. The smallest absolute Gasteiger partial charge is 0.0934 e. The highest BCUT2D eigenvalue weighted by atomic mass is 14.9. The van der Waals surface area contributed by atoms with E-state index in [1.54, 1.807) is 13.8 Å². The lowest BCUT2D eigenvalue weighted by molar-refractivity contribution is 0.601. The van der Waals surface area contributed by atoms with Crippen molar-refractivity contribution in [2.45, 2.75) is 25.9 Å². The van der Waals surface area contributed by atoms with Gasteiger partial charge >= 0.3 is 0 Å². The second-order valence-electron chi connectivity index (χ2n) is 1.87. The van der Waals surface area contributed by atoms with Gasteiger partial charge in [-0.05, 0) is 13.8 Å². The number of hydrogen-bond acceptors (Lipinski definition) is 3. The van der Waals surface area contributed by atoms with Gasteiger partial charge in [0.25, 0.3) is 0 Å². The van der Waals surface area contributed by atoms with Crippen LogP contribution in [-0.4, -0.2) is 12.1 Å². The van der Waals surface area contributed by atoms with Crippen LogP contribution < -0.4 is 5.32 Å². The average Bonchev–Trinajstić information content (AvgIpc) is 1.87. The van der Waals surface area contributed by atoms with E-state index in [0.717, 1.165) is 0 Å². The van der Waals surface area contributed by atoms with Gasteiger partial charge in [-0.2, -0.15) is 10.5 Å². The molecule has 0 rings (SSSR count). The maximum Gasteiger partial charge on any atom is 0.0934 e. The number of nitrogens with one attached hydrogen (secondary N) is 1. The molecule has 0 fully saturated rings. The first-order chi connectivity index (χ1) is 4.20. The van der Waals surface area contributed by atoms with E-state index in [1.165, 1.54) is 0 Å². The maximum absolute atomic E-state index is 8.26. The van der Waals surface area contributed by atoms with E-state index in [9.17, 15) is 0 Å². The topological polar surface area (TPSA) is 59.6 Å². The molecular weight excluding hydrogens is 114 g/mol. The number of rotatable bonds is 2. The predicted octanol–water partition coefficient (Wildman–Crippen LogP) is 0.400. The monoisotopic (exact) mass is 123 g/mol. The van der Waals surface area contributed by atoms with E-state index < -0.39 is 0 Å². The zero-order valence-corrected chi connectivity index (χ0v) is 5.55. The van der Waals surface area contributed by atoms with Crippen LogP contribution in [0.4, 0.5) is 0 Å². The molecular formula is C6H9N3. The molecule has 0 aromatic carbocycles. The first-order valence-corrected chi connectivity index (χ1v) is 2.76. The summed E-state index contributed by atoms with van der Waals surface area (Å²) >= 11 is 0. The standard InChI is InChI=1S/C6H9N3/c1-5(3-7)9-6(2)4-8/h5-6,9H,1-2H3. The molecule has 3 heteroatoms. The Morgan fingerprint density at radius 1 is 1.11 bits per heavy atom. The zero-order valence-electron chi connectivity index (χ0n) is 5.55. The quantitative estimate of drug-likeness (QED) is 0.578. The Balaban J connectivity index is 3.53. The van der Waals surface area contributed by atoms with Crippen LogP contribution in [0.5, 0.6) is 0 Å². The number of nitriles is 2. The van der Waals surface area contributed by atoms with E-state index in [-0.39, 0.29) is 12.1 Å². The summed E-state index contributed by atoms with van der Waals surface area (Å²) in [5.74, 6) is 0. The van der Waals surface area contributed by atoms with Gasteiger partial charge in [0, 0.05) is 0 Å². The van der Waals surface area contributed by atoms with Crippen LogP contribution in [0, 0.1) is 22.7 Å². The summed E-state index contributed by atoms with van der Waals surface area (Å²) < 4.78 is 0. The Kier molecular flexibility index (Phi) is 3.43. The van der Waals surface area contributed by atoms with Crippen molar-refractivity contribution in [1.82, 2.24) is 5.32 Å². The van der Waals surface area contributed by atoms with Crippen molar-refractivity contribution < 1.29 is 0 Å². The molecule has 0 aromatic heterocycles. The average molecular weight is 123 g/mol. The third kappa shape index (κ3) is 3.52. The van der Waals surface area contributed by atoms with Crippen LogP contribution >= 0.6 is 0 Å². The molecule has 2 atom stereocenters. The summed E-state index contributed by atoms with van der Waals surface area (Å²) in [6, 6.07) is 3.46. The minimum atomic E-state index is -0.236. The van der Waals surface area contributed by atoms with Crippen molar-refractivity contribution in [3.05, 3.63) is 0 Å². The van der Waals surface area contributed by atoms with Crippen molar-refractivity contribution in [3.63, 3.8) is 0 Å². The lowest BCUT2D eigenvalue weighted by Gasteiger charge is -2.05. The van der Waals surface area contributed by atoms with Crippen LogP contribution in [0.25, 0.3) is 0 Å². The van der Waals surface area contributed by atoms with E-state index in [0.29, 0.717) is 0 Å². The molecule has 0 bridgehead atoms. The Bertz CT molecular complexity index is 133. The summed E-state index contributed by atoms with van der Waals surface area (Å²) in [6.45, 7) is 3.43. The van der Waals surface area contributed by atoms with Gasteiger partial charge in [-0.25, -0.2) is 0 Å². The number of nitrogens with zero attached hydrogens (tertiary/aromatic N) is 2. The highest BCUT2D eigenvalue weighted by molar-refractivity contribution is 4.94. The summed E-state index contributed by atoms with van der Waals surface area (Å²) in [4.78, 5) is 0. The van der Waals surface area contributed by atoms with E-state index in [4.69, 9.17) is 10.5 Å². The summed E-state index contributed by atoms with van der Waals surface area (Å²) in [5, 5.41) is 19.3. The molecule has 0 spiro atoms. The lowest BCUT2D eigenvalue weighted by atomic mass is 10.3. The highest BCUT2D eigenvalue weighted by Crippen LogP contribution is 1.81. The molecule has 0 saturated heterocycles. The fourth-order valence-electron chi connectivity index (χ4n) is 0.450. The highest BCUT2D eigenvalue weighted by Gasteiger charge is 2.02. The Hall–Kier alpha value is -1.06.